The van der Waals surface area contributed by atoms with Gasteiger partial charge in [-0.3, -0.25) is 0 Å². The van der Waals surface area contributed by atoms with Gasteiger partial charge in [-0.05, 0) is 42.5 Å². The van der Waals surface area contributed by atoms with Crippen LogP contribution in [0, 0.1) is 0 Å². The van der Waals surface area contributed by atoms with Crippen molar-refractivity contribution in [3.63, 3.8) is 0 Å². The number of hydrogen-bond donors (Lipinski definition) is 2. The van der Waals surface area contributed by atoms with Gasteiger partial charge < -0.3 is 15.4 Å². The van der Waals surface area contributed by atoms with Crippen LogP contribution in [0.4, 0.5) is 5.69 Å². The SMILES string of the molecule is Cn1ccnc1CCC1(O)CCc2cc(N)ccc21. The fourth-order valence-corrected chi connectivity index (χ4v) is 2.97. The van der Waals surface area contributed by atoms with E-state index in [0.717, 1.165) is 36.3 Å². The molecule has 1 atom stereocenters. The Morgan fingerprint density at radius 1 is 1.47 bits per heavy atom. The number of nitrogens with zero attached hydrogens (tertiary/aromatic N) is 2. The molecule has 0 spiro atoms. The molecule has 1 aliphatic carbocycles. The summed E-state index contributed by atoms with van der Waals surface area (Å²) in [7, 11) is 1.98. The number of nitrogens with two attached hydrogens (primary N) is 1. The van der Waals surface area contributed by atoms with Crippen LogP contribution in [0.15, 0.2) is 30.6 Å². The van der Waals surface area contributed by atoms with E-state index in [9.17, 15) is 5.11 Å². The first-order chi connectivity index (χ1) is 9.08. The normalized spacial score (nSPS) is 21.6. The molecule has 1 heterocycles. The van der Waals surface area contributed by atoms with Crippen molar-refractivity contribution in [2.75, 3.05) is 5.73 Å². The predicted octanol–water partition coefficient (Wildman–Crippen LogP) is 1.77. The lowest BCUT2D eigenvalue weighted by Crippen LogP contribution is -2.23. The number of aliphatic hydroxyl groups is 1. The second-order valence-corrected chi connectivity index (χ2v) is 5.40. The van der Waals surface area contributed by atoms with Crippen LogP contribution in [0.1, 0.15) is 29.8 Å². The number of hydrogen-bond acceptors (Lipinski definition) is 3. The van der Waals surface area contributed by atoms with Gasteiger partial charge in [0.25, 0.3) is 0 Å². The number of imidazole rings is 1. The van der Waals surface area contributed by atoms with Crippen LogP contribution in [-0.4, -0.2) is 14.7 Å². The third-order valence-electron chi connectivity index (χ3n) is 4.12. The Labute approximate surface area is 112 Å². The molecule has 1 aliphatic rings. The number of aromatic nitrogens is 2. The van der Waals surface area contributed by atoms with Crippen LogP contribution in [-0.2, 0) is 25.5 Å². The van der Waals surface area contributed by atoms with Crippen LogP contribution >= 0.6 is 0 Å². The first kappa shape index (κ1) is 12.2. The van der Waals surface area contributed by atoms with Crippen molar-refractivity contribution in [3.8, 4) is 0 Å². The lowest BCUT2D eigenvalue weighted by atomic mass is 9.90. The summed E-state index contributed by atoms with van der Waals surface area (Å²) in [6, 6.07) is 5.82. The molecule has 3 rings (SSSR count). The summed E-state index contributed by atoms with van der Waals surface area (Å²) < 4.78 is 2.00. The Hall–Kier alpha value is -1.81. The van der Waals surface area contributed by atoms with Crippen molar-refractivity contribution in [2.45, 2.75) is 31.3 Å². The van der Waals surface area contributed by atoms with Gasteiger partial charge in [0.2, 0.25) is 0 Å². The minimum atomic E-state index is -0.727. The molecule has 1 aromatic carbocycles. The number of aryl methyl sites for hydroxylation is 3. The van der Waals surface area contributed by atoms with Crippen molar-refractivity contribution in [3.05, 3.63) is 47.5 Å². The average Bonchev–Trinajstić information content (AvgIpc) is 2.92. The maximum Gasteiger partial charge on any atom is 0.108 e. The Morgan fingerprint density at radius 3 is 3.05 bits per heavy atom. The fraction of sp³-hybridized carbons (Fsp3) is 0.400. The predicted molar refractivity (Wildman–Crippen MR) is 74.6 cm³/mol. The molecule has 0 radical (unpaired) electrons. The topological polar surface area (TPSA) is 64.1 Å². The molecular weight excluding hydrogens is 238 g/mol. The Kier molecular flexibility index (Phi) is 2.82. The quantitative estimate of drug-likeness (QED) is 0.824. The molecule has 0 fully saturated rings. The average molecular weight is 257 g/mol. The highest BCUT2D eigenvalue weighted by Crippen LogP contribution is 2.40. The summed E-state index contributed by atoms with van der Waals surface area (Å²) in [4.78, 5) is 4.31. The highest BCUT2D eigenvalue weighted by atomic mass is 16.3. The largest absolute Gasteiger partial charge is 0.399 e. The van der Waals surface area contributed by atoms with Crippen LogP contribution in [0.3, 0.4) is 0 Å². The first-order valence-corrected chi connectivity index (χ1v) is 6.66. The highest BCUT2D eigenvalue weighted by Gasteiger charge is 2.36. The van der Waals surface area contributed by atoms with Crippen molar-refractivity contribution in [1.82, 2.24) is 9.55 Å². The lowest BCUT2D eigenvalue weighted by Gasteiger charge is -2.24. The second kappa shape index (κ2) is 4.38. The van der Waals surface area contributed by atoms with Gasteiger partial charge in [0.15, 0.2) is 0 Å². The van der Waals surface area contributed by atoms with Crippen LogP contribution in [0.2, 0.25) is 0 Å². The first-order valence-electron chi connectivity index (χ1n) is 6.66. The third-order valence-corrected chi connectivity index (χ3v) is 4.12. The van der Waals surface area contributed by atoms with Crippen LogP contribution in [0.25, 0.3) is 0 Å². The summed E-state index contributed by atoms with van der Waals surface area (Å²) in [5, 5.41) is 10.8. The van der Waals surface area contributed by atoms with Gasteiger partial charge in [-0.15, -0.1) is 0 Å². The number of nitrogen functional groups attached to an aromatic ring is 1. The number of anilines is 1. The Bertz CT molecular complexity index is 605. The van der Waals surface area contributed by atoms with Gasteiger partial charge in [-0.1, -0.05) is 6.07 Å². The standard InChI is InChI=1S/C15H19N3O/c1-18-9-8-17-14(18)5-7-15(19)6-4-11-10-12(16)2-3-13(11)15/h2-3,8-10,19H,4-7,16H2,1H3. The van der Waals surface area contributed by atoms with Crippen LogP contribution < -0.4 is 5.73 Å². The number of rotatable bonds is 3. The van der Waals surface area contributed by atoms with Crippen molar-refractivity contribution >= 4 is 5.69 Å². The third kappa shape index (κ3) is 2.12. The van der Waals surface area contributed by atoms with E-state index in [1.54, 1.807) is 6.20 Å². The molecule has 4 nitrogen and oxygen atoms in total. The molecule has 0 aliphatic heterocycles. The Morgan fingerprint density at radius 2 is 2.32 bits per heavy atom. The van der Waals surface area contributed by atoms with E-state index in [1.807, 2.05) is 36.0 Å². The maximum atomic E-state index is 10.8. The molecule has 1 aromatic heterocycles. The van der Waals surface area contributed by atoms with E-state index in [4.69, 9.17) is 5.73 Å². The van der Waals surface area contributed by atoms with E-state index in [0.29, 0.717) is 6.42 Å². The number of fused-ring (bicyclic) bond motifs is 1. The van der Waals surface area contributed by atoms with Gasteiger partial charge in [0.05, 0.1) is 5.60 Å². The molecular formula is C15H19N3O. The zero-order valence-corrected chi connectivity index (χ0v) is 11.1. The molecule has 2 aromatic rings. The monoisotopic (exact) mass is 257 g/mol. The van der Waals surface area contributed by atoms with Gasteiger partial charge >= 0.3 is 0 Å². The van der Waals surface area contributed by atoms with E-state index in [-0.39, 0.29) is 0 Å². The molecule has 0 amide bonds. The van der Waals surface area contributed by atoms with Crippen molar-refractivity contribution in [2.24, 2.45) is 7.05 Å². The van der Waals surface area contributed by atoms with E-state index < -0.39 is 5.60 Å². The van der Waals surface area contributed by atoms with Gasteiger partial charge in [-0.2, -0.15) is 0 Å². The van der Waals surface area contributed by atoms with Gasteiger partial charge in [-0.25, -0.2) is 4.98 Å². The molecule has 0 bridgehead atoms. The number of benzene rings is 1. The van der Waals surface area contributed by atoms with Gasteiger partial charge in [0, 0.05) is 31.5 Å². The summed E-state index contributed by atoms with van der Waals surface area (Å²) >= 11 is 0. The maximum absolute atomic E-state index is 10.8. The molecule has 0 saturated heterocycles. The van der Waals surface area contributed by atoms with Crippen molar-refractivity contribution in [1.29, 1.82) is 0 Å². The molecule has 0 saturated carbocycles. The minimum absolute atomic E-state index is 0.703. The fourth-order valence-electron chi connectivity index (χ4n) is 2.97. The molecule has 4 heteroatoms. The summed E-state index contributed by atoms with van der Waals surface area (Å²) in [5.41, 5.74) is 8.06. The summed E-state index contributed by atoms with van der Waals surface area (Å²) in [5.74, 6) is 1.01. The summed E-state index contributed by atoms with van der Waals surface area (Å²) in [6.45, 7) is 0. The van der Waals surface area contributed by atoms with E-state index in [1.165, 1.54) is 5.56 Å². The minimum Gasteiger partial charge on any atom is -0.399 e. The molecule has 3 N–H and O–H groups in total. The van der Waals surface area contributed by atoms with Crippen molar-refractivity contribution < 1.29 is 5.11 Å². The zero-order chi connectivity index (χ0) is 13.5. The molecule has 100 valence electrons. The zero-order valence-electron chi connectivity index (χ0n) is 11.1. The Balaban J connectivity index is 1.81. The highest BCUT2D eigenvalue weighted by molar-refractivity contribution is 5.48. The van der Waals surface area contributed by atoms with E-state index in [2.05, 4.69) is 4.98 Å². The molecule has 1 unspecified atom stereocenters. The smallest absolute Gasteiger partial charge is 0.108 e. The van der Waals surface area contributed by atoms with E-state index >= 15 is 0 Å². The van der Waals surface area contributed by atoms with Gasteiger partial charge in [0.1, 0.15) is 5.82 Å². The molecule has 19 heavy (non-hydrogen) atoms. The summed E-state index contributed by atoms with van der Waals surface area (Å²) in [6.07, 6.45) is 6.89. The lowest BCUT2D eigenvalue weighted by molar-refractivity contribution is 0.0291. The second-order valence-electron chi connectivity index (χ2n) is 5.40. The van der Waals surface area contributed by atoms with Crippen LogP contribution in [0.5, 0.6) is 0 Å².